The van der Waals surface area contributed by atoms with E-state index in [0.717, 1.165) is 5.56 Å². The van der Waals surface area contributed by atoms with Crippen molar-refractivity contribution in [2.24, 2.45) is 5.92 Å². The number of aryl methyl sites for hydroxylation is 1. The van der Waals surface area contributed by atoms with Gasteiger partial charge in [-0.1, -0.05) is 6.92 Å². The lowest BCUT2D eigenvalue weighted by Crippen LogP contribution is -2.28. The molecule has 20 heavy (non-hydrogen) atoms. The van der Waals surface area contributed by atoms with Crippen LogP contribution in [0.3, 0.4) is 0 Å². The largest absolute Gasteiger partial charge is 0.469 e. The first-order valence-corrected chi connectivity index (χ1v) is 6.33. The van der Waals surface area contributed by atoms with Crippen molar-refractivity contribution >= 4 is 11.9 Å². The summed E-state index contributed by atoms with van der Waals surface area (Å²) in [5.41, 5.74) is 0.737. The summed E-state index contributed by atoms with van der Waals surface area (Å²) in [6.07, 6.45) is 0. The highest BCUT2D eigenvalue weighted by molar-refractivity contribution is 5.87. The molecule has 0 saturated carbocycles. The Bertz CT molecular complexity index is 480. The minimum atomic E-state index is -0.487. The number of esters is 2. The Kier molecular flexibility index (Phi) is 5.76. The van der Waals surface area contributed by atoms with Gasteiger partial charge in [0.25, 0.3) is 0 Å². The van der Waals surface area contributed by atoms with Gasteiger partial charge in [-0.15, -0.1) is 0 Å². The molecule has 1 aromatic rings. The third-order valence-electron chi connectivity index (χ3n) is 2.95. The number of hydrogen-bond acceptors (Lipinski definition) is 6. The third-order valence-corrected chi connectivity index (χ3v) is 2.95. The van der Waals surface area contributed by atoms with Crippen molar-refractivity contribution in [2.45, 2.75) is 20.4 Å². The Morgan fingerprint density at radius 3 is 2.55 bits per heavy atom. The first kappa shape index (κ1) is 16.2. The van der Waals surface area contributed by atoms with E-state index in [2.05, 4.69) is 9.47 Å². The second-order valence-electron chi connectivity index (χ2n) is 4.84. The number of carbonyl (C=O) groups is 2. The van der Waals surface area contributed by atoms with Gasteiger partial charge >= 0.3 is 11.9 Å². The van der Waals surface area contributed by atoms with E-state index < -0.39 is 5.97 Å². The molecule has 0 aliphatic rings. The summed E-state index contributed by atoms with van der Waals surface area (Å²) in [5.74, 6) is -0.0809. The lowest BCUT2D eigenvalue weighted by atomic mass is 10.1. The van der Waals surface area contributed by atoms with Crippen molar-refractivity contribution < 1.29 is 23.5 Å². The van der Waals surface area contributed by atoms with E-state index in [4.69, 9.17) is 4.42 Å². The Morgan fingerprint density at radius 2 is 2.00 bits per heavy atom. The van der Waals surface area contributed by atoms with Gasteiger partial charge in [-0.2, -0.15) is 0 Å². The lowest BCUT2D eigenvalue weighted by Gasteiger charge is -2.18. The summed E-state index contributed by atoms with van der Waals surface area (Å²) >= 11 is 0. The fourth-order valence-electron chi connectivity index (χ4n) is 2.00. The molecule has 0 aliphatic carbocycles. The van der Waals surface area contributed by atoms with E-state index >= 15 is 0 Å². The standard InChI is InChI=1S/C14H21NO5/c1-9-6-11(20-12(9)14(17)19-5)8-15(3)7-10(2)13(16)18-4/h6,10H,7-8H2,1-5H3. The molecule has 1 unspecified atom stereocenters. The SMILES string of the molecule is COC(=O)c1oc(CN(C)CC(C)C(=O)OC)cc1C. The van der Waals surface area contributed by atoms with E-state index in [1.165, 1.54) is 14.2 Å². The molecule has 0 radical (unpaired) electrons. The van der Waals surface area contributed by atoms with Crippen LogP contribution in [-0.4, -0.2) is 44.7 Å². The molecule has 0 saturated heterocycles. The Hall–Kier alpha value is -1.82. The predicted molar refractivity (Wildman–Crippen MR) is 72.3 cm³/mol. The molecular formula is C14H21NO5. The van der Waals surface area contributed by atoms with E-state index in [1.54, 1.807) is 19.9 Å². The van der Waals surface area contributed by atoms with Crippen LogP contribution in [0.25, 0.3) is 0 Å². The van der Waals surface area contributed by atoms with Crippen molar-refractivity contribution in [3.8, 4) is 0 Å². The molecule has 1 aromatic heterocycles. The molecule has 0 N–H and O–H groups in total. The van der Waals surface area contributed by atoms with E-state index in [1.807, 2.05) is 11.9 Å². The number of nitrogens with zero attached hydrogens (tertiary/aromatic N) is 1. The fraction of sp³-hybridized carbons (Fsp3) is 0.571. The minimum absolute atomic E-state index is 0.219. The molecule has 112 valence electrons. The maximum atomic E-state index is 11.4. The van der Waals surface area contributed by atoms with Crippen LogP contribution < -0.4 is 0 Å². The molecular weight excluding hydrogens is 262 g/mol. The number of carbonyl (C=O) groups excluding carboxylic acids is 2. The molecule has 1 heterocycles. The zero-order valence-electron chi connectivity index (χ0n) is 12.6. The summed E-state index contributed by atoms with van der Waals surface area (Å²) < 4.78 is 14.8. The van der Waals surface area contributed by atoms with Crippen LogP contribution in [-0.2, 0) is 20.8 Å². The van der Waals surface area contributed by atoms with Crippen molar-refractivity contribution in [3.05, 3.63) is 23.2 Å². The Morgan fingerprint density at radius 1 is 1.35 bits per heavy atom. The Balaban J connectivity index is 2.65. The molecule has 0 aliphatic heterocycles. The molecule has 1 atom stereocenters. The number of rotatable bonds is 6. The van der Waals surface area contributed by atoms with Gasteiger partial charge in [0.15, 0.2) is 0 Å². The number of furan rings is 1. The summed E-state index contributed by atoms with van der Waals surface area (Å²) in [4.78, 5) is 24.7. The second-order valence-corrected chi connectivity index (χ2v) is 4.84. The van der Waals surface area contributed by atoms with Crippen LogP contribution in [0.4, 0.5) is 0 Å². The summed E-state index contributed by atoms with van der Waals surface area (Å²) in [6, 6.07) is 1.80. The zero-order valence-corrected chi connectivity index (χ0v) is 12.6. The molecule has 6 heteroatoms. The summed E-state index contributed by atoms with van der Waals surface area (Å²) in [6.45, 7) is 4.63. The first-order chi connectivity index (χ1) is 9.38. The van der Waals surface area contributed by atoms with Crippen molar-refractivity contribution in [1.29, 1.82) is 0 Å². The van der Waals surface area contributed by atoms with Crippen LogP contribution in [0, 0.1) is 12.8 Å². The van der Waals surface area contributed by atoms with Gasteiger partial charge in [0.1, 0.15) is 5.76 Å². The molecule has 6 nitrogen and oxygen atoms in total. The van der Waals surface area contributed by atoms with Gasteiger partial charge in [0.05, 0.1) is 26.7 Å². The van der Waals surface area contributed by atoms with Gasteiger partial charge in [-0.3, -0.25) is 9.69 Å². The Labute approximate surface area is 118 Å². The van der Waals surface area contributed by atoms with Gasteiger partial charge in [-0.05, 0) is 20.0 Å². The first-order valence-electron chi connectivity index (χ1n) is 6.33. The van der Waals surface area contributed by atoms with Crippen molar-refractivity contribution in [3.63, 3.8) is 0 Å². The third kappa shape index (κ3) is 4.09. The number of hydrogen-bond donors (Lipinski definition) is 0. The van der Waals surface area contributed by atoms with Gasteiger partial charge in [0, 0.05) is 12.1 Å². The van der Waals surface area contributed by atoms with Gasteiger partial charge in [-0.25, -0.2) is 4.79 Å². The molecule has 0 fully saturated rings. The molecule has 0 amide bonds. The van der Waals surface area contributed by atoms with E-state index in [-0.39, 0.29) is 17.6 Å². The van der Waals surface area contributed by atoms with Crippen molar-refractivity contribution in [2.75, 3.05) is 27.8 Å². The highest BCUT2D eigenvalue weighted by atomic mass is 16.5. The van der Waals surface area contributed by atoms with E-state index in [9.17, 15) is 9.59 Å². The average Bonchev–Trinajstić information content (AvgIpc) is 2.77. The smallest absolute Gasteiger partial charge is 0.374 e. The fourth-order valence-corrected chi connectivity index (χ4v) is 2.00. The average molecular weight is 283 g/mol. The molecule has 0 spiro atoms. The van der Waals surface area contributed by atoms with Crippen LogP contribution in [0.2, 0.25) is 0 Å². The van der Waals surface area contributed by atoms with Crippen LogP contribution in [0.5, 0.6) is 0 Å². The highest BCUT2D eigenvalue weighted by Gasteiger charge is 2.19. The topological polar surface area (TPSA) is 69.0 Å². The van der Waals surface area contributed by atoms with Gasteiger partial charge < -0.3 is 13.9 Å². The monoisotopic (exact) mass is 283 g/mol. The maximum absolute atomic E-state index is 11.4. The van der Waals surface area contributed by atoms with Crippen LogP contribution >= 0.6 is 0 Å². The second kappa shape index (κ2) is 7.09. The van der Waals surface area contributed by atoms with Crippen LogP contribution in [0.1, 0.15) is 28.8 Å². The van der Waals surface area contributed by atoms with Gasteiger partial charge in [0.2, 0.25) is 5.76 Å². The predicted octanol–water partition coefficient (Wildman–Crippen LogP) is 1.62. The molecule has 0 bridgehead atoms. The minimum Gasteiger partial charge on any atom is -0.469 e. The number of ether oxygens (including phenoxy) is 2. The molecule has 0 aromatic carbocycles. The van der Waals surface area contributed by atoms with E-state index in [0.29, 0.717) is 18.8 Å². The van der Waals surface area contributed by atoms with Crippen molar-refractivity contribution in [1.82, 2.24) is 4.90 Å². The quantitative estimate of drug-likeness (QED) is 0.739. The maximum Gasteiger partial charge on any atom is 0.374 e. The van der Waals surface area contributed by atoms with Crippen LogP contribution in [0.15, 0.2) is 10.5 Å². The normalized spacial score (nSPS) is 12.3. The summed E-state index contributed by atoms with van der Waals surface area (Å²) in [7, 11) is 4.56. The highest BCUT2D eigenvalue weighted by Crippen LogP contribution is 2.17. The summed E-state index contributed by atoms with van der Waals surface area (Å²) in [5, 5.41) is 0. The molecule has 1 rings (SSSR count). The zero-order chi connectivity index (χ0) is 15.3. The number of methoxy groups -OCH3 is 2. The lowest BCUT2D eigenvalue weighted by molar-refractivity contribution is -0.145.